The van der Waals surface area contributed by atoms with Gasteiger partial charge in [0.05, 0.1) is 25.9 Å². The molecule has 2 atom stereocenters. The van der Waals surface area contributed by atoms with Crippen molar-refractivity contribution in [1.82, 2.24) is 24.9 Å². The number of amides is 2. The Bertz CT molecular complexity index is 731. The Hall–Kier alpha value is -2.42. The number of likely N-dealkylation sites (tertiary alicyclic amines) is 1. The van der Waals surface area contributed by atoms with E-state index in [-0.39, 0.29) is 29.6 Å². The summed E-state index contributed by atoms with van der Waals surface area (Å²) in [6, 6.07) is 2.15. The summed E-state index contributed by atoms with van der Waals surface area (Å²) in [7, 11) is 3.35. The molecule has 1 aromatic rings. The SMILES string of the molecule is COC(=O)c1cc2n(n1)CCN(C(=O)C[C@@H]1CC[C@H](CNC(C)=O)N1C)C2. The number of likely N-dealkylation sites (N-methyl/N-ethyl adjacent to an activating group) is 1. The molecular formula is C18H27N5O4. The number of nitrogens with zero attached hydrogens (tertiary/aromatic N) is 4. The maximum absolute atomic E-state index is 12.8. The Morgan fingerprint density at radius 2 is 2.00 bits per heavy atom. The van der Waals surface area contributed by atoms with E-state index in [1.165, 1.54) is 14.0 Å². The summed E-state index contributed by atoms with van der Waals surface area (Å²) < 4.78 is 6.47. The molecule has 0 aromatic carbocycles. The van der Waals surface area contributed by atoms with Gasteiger partial charge in [-0.3, -0.25) is 19.2 Å². The molecule has 0 saturated carbocycles. The molecule has 9 nitrogen and oxygen atoms in total. The number of ether oxygens (including phenoxy) is 1. The van der Waals surface area contributed by atoms with E-state index in [0.717, 1.165) is 18.5 Å². The van der Waals surface area contributed by atoms with Crippen LogP contribution in [0.1, 0.15) is 42.4 Å². The van der Waals surface area contributed by atoms with E-state index in [0.29, 0.717) is 32.6 Å². The fourth-order valence-electron chi connectivity index (χ4n) is 3.86. The molecule has 148 valence electrons. The maximum atomic E-state index is 12.8. The van der Waals surface area contributed by atoms with Gasteiger partial charge in [0.1, 0.15) is 0 Å². The molecule has 2 aliphatic rings. The summed E-state index contributed by atoms with van der Waals surface area (Å²) in [6.45, 7) is 3.75. The van der Waals surface area contributed by atoms with Crippen LogP contribution < -0.4 is 5.32 Å². The Balaban J connectivity index is 1.55. The first-order valence-corrected chi connectivity index (χ1v) is 9.28. The molecule has 0 bridgehead atoms. The largest absolute Gasteiger partial charge is 0.464 e. The average Bonchev–Trinajstić information content (AvgIpc) is 3.22. The van der Waals surface area contributed by atoms with E-state index in [2.05, 4.69) is 15.3 Å². The maximum Gasteiger partial charge on any atom is 0.358 e. The lowest BCUT2D eigenvalue weighted by Gasteiger charge is -2.31. The minimum atomic E-state index is -0.465. The van der Waals surface area contributed by atoms with E-state index in [1.807, 2.05) is 11.9 Å². The third kappa shape index (κ3) is 4.29. The molecular weight excluding hydrogens is 350 g/mol. The Kier molecular flexibility index (Phi) is 5.79. The van der Waals surface area contributed by atoms with Gasteiger partial charge in [0.2, 0.25) is 11.8 Å². The molecule has 1 saturated heterocycles. The van der Waals surface area contributed by atoms with Crippen LogP contribution in [0, 0.1) is 0 Å². The highest BCUT2D eigenvalue weighted by Crippen LogP contribution is 2.25. The standard InChI is InChI=1S/C18H27N5O4/c1-12(24)19-10-14-5-4-13(21(14)2)9-17(25)22-6-7-23-15(11-22)8-16(20-23)18(26)27-3/h8,13-14H,4-7,9-11H2,1-3H3,(H,19,24)/t13-,14+/m0/s1. The number of fused-ring (bicyclic) bond motifs is 1. The molecule has 0 radical (unpaired) electrons. The van der Waals surface area contributed by atoms with Gasteiger partial charge in [0.15, 0.2) is 5.69 Å². The number of hydrogen-bond donors (Lipinski definition) is 1. The number of carbonyl (C=O) groups excluding carboxylic acids is 3. The second-order valence-electron chi connectivity index (χ2n) is 7.24. The normalized spacial score (nSPS) is 22.4. The molecule has 0 spiro atoms. The molecule has 0 unspecified atom stereocenters. The Morgan fingerprint density at radius 3 is 2.70 bits per heavy atom. The third-order valence-electron chi connectivity index (χ3n) is 5.53. The van der Waals surface area contributed by atoms with E-state index in [1.54, 1.807) is 10.7 Å². The number of aromatic nitrogens is 2. The number of nitrogens with one attached hydrogen (secondary N) is 1. The number of methoxy groups -OCH3 is 1. The first-order valence-electron chi connectivity index (χ1n) is 9.28. The second kappa shape index (κ2) is 8.08. The first-order chi connectivity index (χ1) is 12.9. The van der Waals surface area contributed by atoms with E-state index in [9.17, 15) is 14.4 Å². The lowest BCUT2D eigenvalue weighted by Crippen LogP contribution is -2.44. The zero-order valence-electron chi connectivity index (χ0n) is 16.1. The minimum Gasteiger partial charge on any atom is -0.464 e. The molecule has 3 heterocycles. The van der Waals surface area contributed by atoms with Crippen LogP contribution >= 0.6 is 0 Å². The molecule has 2 aliphatic heterocycles. The van der Waals surface area contributed by atoms with Crippen LogP contribution in [0.25, 0.3) is 0 Å². The lowest BCUT2D eigenvalue weighted by atomic mass is 10.1. The van der Waals surface area contributed by atoms with Crippen LogP contribution in [0.3, 0.4) is 0 Å². The minimum absolute atomic E-state index is 0.0285. The van der Waals surface area contributed by atoms with Gasteiger partial charge in [-0.25, -0.2) is 4.79 Å². The van der Waals surface area contributed by atoms with Crippen molar-refractivity contribution >= 4 is 17.8 Å². The van der Waals surface area contributed by atoms with Gasteiger partial charge < -0.3 is 15.0 Å². The highest BCUT2D eigenvalue weighted by atomic mass is 16.5. The highest BCUT2D eigenvalue weighted by molar-refractivity contribution is 5.87. The van der Waals surface area contributed by atoms with Crippen molar-refractivity contribution in [1.29, 1.82) is 0 Å². The predicted octanol–water partition coefficient (Wildman–Crippen LogP) is 0.000900. The Labute approximate surface area is 158 Å². The summed E-state index contributed by atoms with van der Waals surface area (Å²) >= 11 is 0. The van der Waals surface area contributed by atoms with Gasteiger partial charge in [0, 0.05) is 38.5 Å². The van der Waals surface area contributed by atoms with E-state index in [4.69, 9.17) is 4.74 Å². The molecule has 1 N–H and O–H groups in total. The summed E-state index contributed by atoms with van der Waals surface area (Å²) in [5.74, 6) is -0.383. The van der Waals surface area contributed by atoms with Crippen LogP contribution in [-0.2, 0) is 27.4 Å². The quantitative estimate of drug-likeness (QED) is 0.726. The average molecular weight is 377 g/mol. The fourth-order valence-corrected chi connectivity index (χ4v) is 3.86. The van der Waals surface area contributed by atoms with Crippen LogP contribution in [0.4, 0.5) is 0 Å². The van der Waals surface area contributed by atoms with Gasteiger partial charge in [-0.1, -0.05) is 0 Å². The van der Waals surface area contributed by atoms with Crippen molar-refractivity contribution in [3.63, 3.8) is 0 Å². The van der Waals surface area contributed by atoms with Gasteiger partial charge >= 0.3 is 5.97 Å². The molecule has 1 fully saturated rings. The van der Waals surface area contributed by atoms with Gasteiger partial charge in [-0.05, 0) is 26.0 Å². The summed E-state index contributed by atoms with van der Waals surface area (Å²) in [5.41, 5.74) is 1.12. The predicted molar refractivity (Wildman–Crippen MR) is 96.9 cm³/mol. The monoisotopic (exact) mass is 377 g/mol. The molecule has 9 heteroatoms. The zero-order valence-corrected chi connectivity index (χ0v) is 16.1. The van der Waals surface area contributed by atoms with Crippen molar-refractivity contribution in [3.05, 3.63) is 17.5 Å². The van der Waals surface area contributed by atoms with Crippen molar-refractivity contribution < 1.29 is 19.1 Å². The van der Waals surface area contributed by atoms with Crippen molar-refractivity contribution in [2.24, 2.45) is 0 Å². The first kappa shape index (κ1) is 19.3. The smallest absolute Gasteiger partial charge is 0.358 e. The lowest BCUT2D eigenvalue weighted by molar-refractivity contribution is -0.134. The third-order valence-corrected chi connectivity index (χ3v) is 5.53. The van der Waals surface area contributed by atoms with Crippen molar-refractivity contribution in [2.75, 3.05) is 27.2 Å². The van der Waals surface area contributed by atoms with Crippen LogP contribution in [0.2, 0.25) is 0 Å². The van der Waals surface area contributed by atoms with Gasteiger partial charge in [-0.2, -0.15) is 5.10 Å². The molecule has 0 aliphatic carbocycles. The topological polar surface area (TPSA) is 96.8 Å². The zero-order chi connectivity index (χ0) is 19.6. The Morgan fingerprint density at radius 1 is 1.26 bits per heavy atom. The van der Waals surface area contributed by atoms with Crippen molar-refractivity contribution in [2.45, 2.75) is 51.4 Å². The van der Waals surface area contributed by atoms with E-state index < -0.39 is 5.97 Å². The van der Waals surface area contributed by atoms with Crippen LogP contribution in [0.5, 0.6) is 0 Å². The molecule has 3 rings (SSSR count). The fraction of sp³-hybridized carbons (Fsp3) is 0.667. The molecule has 27 heavy (non-hydrogen) atoms. The molecule has 2 amide bonds. The van der Waals surface area contributed by atoms with Crippen molar-refractivity contribution in [3.8, 4) is 0 Å². The number of esters is 1. The van der Waals surface area contributed by atoms with Gasteiger partial charge in [0.25, 0.3) is 0 Å². The van der Waals surface area contributed by atoms with Crippen LogP contribution in [0.15, 0.2) is 6.07 Å². The number of rotatable bonds is 5. The van der Waals surface area contributed by atoms with Crippen LogP contribution in [-0.4, -0.2) is 76.7 Å². The second-order valence-corrected chi connectivity index (χ2v) is 7.24. The highest BCUT2D eigenvalue weighted by Gasteiger charge is 2.33. The summed E-state index contributed by atoms with van der Waals surface area (Å²) in [4.78, 5) is 39.6. The number of carbonyl (C=O) groups is 3. The van der Waals surface area contributed by atoms with Gasteiger partial charge in [-0.15, -0.1) is 0 Å². The summed E-state index contributed by atoms with van der Waals surface area (Å²) in [5, 5.41) is 7.10. The number of hydrogen-bond acceptors (Lipinski definition) is 6. The summed E-state index contributed by atoms with van der Waals surface area (Å²) in [6.07, 6.45) is 2.39. The van der Waals surface area contributed by atoms with E-state index >= 15 is 0 Å². The molecule has 1 aromatic heterocycles.